The zero-order valence-electron chi connectivity index (χ0n) is 10.6. The van der Waals surface area contributed by atoms with E-state index in [2.05, 4.69) is 10.3 Å². The third-order valence-electron chi connectivity index (χ3n) is 3.38. The second kappa shape index (κ2) is 7.42. The minimum absolute atomic E-state index is 0. The van der Waals surface area contributed by atoms with E-state index in [4.69, 9.17) is 0 Å². The maximum atomic E-state index is 10.7. The monoisotopic (exact) mass is 290 g/mol. The number of nitrogens with one attached hydrogen (secondary N) is 1. The van der Waals surface area contributed by atoms with Crippen molar-refractivity contribution in [2.75, 3.05) is 6.54 Å². The molecule has 2 heterocycles. The number of nitrogens with zero attached hydrogens (tertiary/aromatic N) is 3. The zero-order chi connectivity index (χ0) is 13.0. The Balaban J connectivity index is 0.00000180. The summed E-state index contributed by atoms with van der Waals surface area (Å²) in [6, 6.07) is 0. The summed E-state index contributed by atoms with van der Waals surface area (Å²) in [5.74, 6) is 0.138. The molecule has 2 atom stereocenters. The van der Waals surface area contributed by atoms with Gasteiger partial charge in [0, 0.05) is 0 Å². The molecule has 0 spiro atoms. The predicted octanol–water partition coefficient (Wildman–Crippen LogP) is 1.31. The van der Waals surface area contributed by atoms with Crippen LogP contribution >= 0.6 is 12.4 Å². The van der Waals surface area contributed by atoms with Gasteiger partial charge in [-0.05, 0) is 43.1 Å². The van der Waals surface area contributed by atoms with Crippen molar-refractivity contribution >= 4 is 18.4 Å². The average molecular weight is 291 g/mol. The van der Waals surface area contributed by atoms with Crippen LogP contribution < -0.4 is 5.32 Å². The normalized spacial score (nSPS) is 22.8. The summed E-state index contributed by atoms with van der Waals surface area (Å²) in [4.78, 5) is 13.9. The van der Waals surface area contributed by atoms with Gasteiger partial charge >= 0.3 is 5.95 Å². The minimum Gasteiger partial charge on any atom is -0.390 e. The van der Waals surface area contributed by atoms with Crippen LogP contribution in [-0.4, -0.2) is 32.4 Å². The minimum atomic E-state index is -0.475. The molecule has 108 valence electrons. The van der Waals surface area contributed by atoms with Crippen LogP contribution in [0.3, 0.4) is 0 Å². The molecule has 7 nitrogen and oxygen atoms in total. The highest BCUT2D eigenvalue weighted by Gasteiger charge is 2.22. The average Bonchev–Trinajstić information content (AvgIpc) is 2.80. The van der Waals surface area contributed by atoms with Gasteiger partial charge in [0.25, 0.3) is 0 Å². The van der Waals surface area contributed by atoms with E-state index in [9.17, 15) is 15.2 Å². The van der Waals surface area contributed by atoms with Gasteiger partial charge in [-0.15, -0.1) is 12.4 Å². The molecule has 1 aromatic rings. The summed E-state index contributed by atoms with van der Waals surface area (Å²) in [7, 11) is 0. The van der Waals surface area contributed by atoms with E-state index in [1.54, 1.807) is 10.8 Å². The third-order valence-corrected chi connectivity index (χ3v) is 3.38. The summed E-state index contributed by atoms with van der Waals surface area (Å²) in [6.45, 7) is 1.43. The smallest absolute Gasteiger partial charge is 0.390 e. The lowest BCUT2D eigenvalue weighted by atomic mass is 9.93. The Hall–Kier alpha value is -1.18. The van der Waals surface area contributed by atoms with Crippen molar-refractivity contribution in [2.24, 2.45) is 5.92 Å². The maximum absolute atomic E-state index is 10.7. The Kier molecular flexibility index (Phi) is 6.20. The van der Waals surface area contributed by atoms with E-state index < -0.39 is 11.2 Å². The highest BCUT2D eigenvalue weighted by Crippen LogP contribution is 2.21. The van der Waals surface area contributed by atoms with Crippen LogP contribution in [0.1, 0.15) is 25.7 Å². The highest BCUT2D eigenvalue weighted by molar-refractivity contribution is 5.85. The molecule has 1 aliphatic rings. The first-order chi connectivity index (χ1) is 8.68. The Morgan fingerprint density at radius 3 is 3.11 bits per heavy atom. The van der Waals surface area contributed by atoms with Gasteiger partial charge in [-0.1, -0.05) is 4.98 Å². The van der Waals surface area contributed by atoms with Crippen molar-refractivity contribution in [3.63, 3.8) is 0 Å². The van der Waals surface area contributed by atoms with Crippen LogP contribution in [0.15, 0.2) is 12.4 Å². The number of aromatic nitrogens is 2. The van der Waals surface area contributed by atoms with Gasteiger partial charge in [0.1, 0.15) is 18.6 Å². The summed E-state index contributed by atoms with van der Waals surface area (Å²) in [5.41, 5.74) is 0. The van der Waals surface area contributed by atoms with Gasteiger partial charge < -0.3 is 15.2 Å². The number of piperidine rings is 1. The van der Waals surface area contributed by atoms with Crippen LogP contribution in [0.25, 0.3) is 0 Å². The van der Waals surface area contributed by atoms with Gasteiger partial charge in [-0.25, -0.2) is 4.57 Å². The number of aliphatic hydroxyl groups is 1. The molecule has 1 saturated heterocycles. The van der Waals surface area contributed by atoms with Crippen LogP contribution in [0, 0.1) is 16.0 Å². The van der Waals surface area contributed by atoms with E-state index in [0.717, 1.165) is 32.2 Å². The fraction of sp³-hybridized carbons (Fsp3) is 0.727. The van der Waals surface area contributed by atoms with E-state index >= 15 is 0 Å². The first-order valence-corrected chi connectivity index (χ1v) is 6.25. The molecule has 0 radical (unpaired) electrons. The molecular formula is C11H19ClN4O3. The largest absolute Gasteiger partial charge is 0.434 e. The number of rotatable bonds is 5. The quantitative estimate of drug-likeness (QED) is 0.630. The molecule has 0 amide bonds. The molecule has 19 heavy (non-hydrogen) atoms. The number of imidazole rings is 1. The summed E-state index contributed by atoms with van der Waals surface area (Å²) in [5, 5.41) is 23.4. The molecule has 0 bridgehead atoms. The molecule has 1 fully saturated rings. The Labute approximate surface area is 117 Å². The molecule has 0 aromatic carbocycles. The lowest BCUT2D eigenvalue weighted by molar-refractivity contribution is -0.396. The topological polar surface area (TPSA) is 93.2 Å². The summed E-state index contributed by atoms with van der Waals surface area (Å²) >= 11 is 0. The molecule has 2 rings (SSSR count). The number of aryl methyl sites for hydroxylation is 1. The molecule has 2 N–H and O–H groups in total. The van der Waals surface area contributed by atoms with Crippen molar-refractivity contribution in [1.29, 1.82) is 0 Å². The fourth-order valence-electron chi connectivity index (χ4n) is 2.41. The van der Waals surface area contributed by atoms with Gasteiger partial charge in [-0.3, -0.25) is 5.32 Å². The highest BCUT2D eigenvalue weighted by atomic mass is 35.5. The Morgan fingerprint density at radius 1 is 1.63 bits per heavy atom. The second-order valence-electron chi connectivity index (χ2n) is 4.62. The number of nitro groups is 1. The van der Waals surface area contributed by atoms with Crippen molar-refractivity contribution in [1.82, 2.24) is 14.9 Å². The molecule has 1 aliphatic heterocycles. The molecule has 8 heteroatoms. The number of halogens is 1. The standard InChI is InChI=1S/C11H18N4O3.ClH/c16-10-9(3-1-5-12-10)4-2-7-14-8-6-13-11(14)15(17)18;/h6,8-10,12,16H,1-5,7H2;1H. The molecular weight excluding hydrogens is 272 g/mol. The number of hydrogen-bond donors (Lipinski definition) is 2. The van der Waals surface area contributed by atoms with E-state index in [0.29, 0.717) is 6.54 Å². The lowest BCUT2D eigenvalue weighted by Crippen LogP contribution is -2.41. The third kappa shape index (κ3) is 4.15. The van der Waals surface area contributed by atoms with Gasteiger partial charge in [0.15, 0.2) is 0 Å². The Morgan fingerprint density at radius 2 is 2.42 bits per heavy atom. The van der Waals surface area contributed by atoms with Crippen molar-refractivity contribution in [2.45, 2.75) is 38.5 Å². The second-order valence-corrected chi connectivity index (χ2v) is 4.62. The fourth-order valence-corrected chi connectivity index (χ4v) is 2.41. The van der Waals surface area contributed by atoms with Crippen LogP contribution in [0.2, 0.25) is 0 Å². The maximum Gasteiger partial charge on any atom is 0.434 e. The van der Waals surface area contributed by atoms with Crippen LogP contribution in [-0.2, 0) is 6.54 Å². The first-order valence-electron chi connectivity index (χ1n) is 6.25. The SMILES string of the molecule is Cl.O=[N+]([O-])c1nccn1CCCC1CCCNC1O. The summed E-state index contributed by atoms with van der Waals surface area (Å²) in [6.07, 6.45) is 6.39. The Bertz CT molecular complexity index is 412. The van der Waals surface area contributed by atoms with E-state index in [1.807, 2.05) is 0 Å². The van der Waals surface area contributed by atoms with Gasteiger partial charge in [0.05, 0.1) is 6.54 Å². The number of aliphatic hydroxyl groups excluding tert-OH is 1. The molecule has 1 aromatic heterocycles. The van der Waals surface area contributed by atoms with Gasteiger partial charge in [0.2, 0.25) is 0 Å². The van der Waals surface area contributed by atoms with E-state index in [1.165, 1.54) is 6.20 Å². The molecule has 2 unspecified atom stereocenters. The lowest BCUT2D eigenvalue weighted by Gasteiger charge is -2.28. The van der Waals surface area contributed by atoms with Crippen LogP contribution in [0.4, 0.5) is 5.95 Å². The van der Waals surface area contributed by atoms with Crippen molar-refractivity contribution in [3.8, 4) is 0 Å². The summed E-state index contributed by atoms with van der Waals surface area (Å²) < 4.78 is 1.54. The number of hydrogen-bond acceptors (Lipinski definition) is 5. The predicted molar refractivity (Wildman–Crippen MR) is 72.1 cm³/mol. The van der Waals surface area contributed by atoms with Crippen LogP contribution in [0.5, 0.6) is 0 Å². The zero-order valence-corrected chi connectivity index (χ0v) is 11.4. The molecule has 0 saturated carbocycles. The van der Waals surface area contributed by atoms with Crippen molar-refractivity contribution in [3.05, 3.63) is 22.5 Å². The first kappa shape index (κ1) is 15.9. The van der Waals surface area contributed by atoms with Crippen molar-refractivity contribution < 1.29 is 10.0 Å². The molecule has 0 aliphatic carbocycles. The van der Waals surface area contributed by atoms with Gasteiger partial charge in [-0.2, -0.15) is 0 Å². The van der Waals surface area contributed by atoms with E-state index in [-0.39, 0.29) is 24.3 Å².